The number of hydrazone groups is 1. The van der Waals surface area contributed by atoms with Gasteiger partial charge in [-0.3, -0.25) is 15.5 Å². The van der Waals surface area contributed by atoms with E-state index in [1.807, 2.05) is 12.1 Å². The van der Waals surface area contributed by atoms with Crippen molar-refractivity contribution < 1.29 is 27.1 Å². The van der Waals surface area contributed by atoms with Gasteiger partial charge in [0.15, 0.2) is 0 Å². The van der Waals surface area contributed by atoms with Crippen LogP contribution in [0.1, 0.15) is 27.9 Å². The Morgan fingerprint density at radius 1 is 1.08 bits per heavy atom. The van der Waals surface area contributed by atoms with Gasteiger partial charge in [0.2, 0.25) is 5.96 Å². The number of rotatable bonds is 4. The number of carbonyl (C=O) groups is 1. The molecule has 1 aliphatic heterocycles. The second-order valence-corrected chi connectivity index (χ2v) is 8.16. The molecule has 0 fully saturated rings. The van der Waals surface area contributed by atoms with Crippen LogP contribution in [0.4, 0.5) is 23.2 Å². The van der Waals surface area contributed by atoms with Gasteiger partial charge in [0.25, 0.3) is 5.91 Å². The van der Waals surface area contributed by atoms with Crippen molar-refractivity contribution >= 4 is 40.7 Å². The fourth-order valence-corrected chi connectivity index (χ4v) is 3.52. The Kier molecular flexibility index (Phi) is 7.53. The maximum Gasteiger partial charge on any atom is 0.416 e. The summed E-state index contributed by atoms with van der Waals surface area (Å²) < 4.78 is 57.5. The van der Waals surface area contributed by atoms with E-state index in [-0.39, 0.29) is 28.7 Å². The fraction of sp³-hybridized carbons (Fsp3) is 0.120. The lowest BCUT2D eigenvalue weighted by atomic mass is 10.1. The summed E-state index contributed by atoms with van der Waals surface area (Å²) in [5, 5.41) is 6.76. The maximum absolute atomic E-state index is 13.8. The van der Waals surface area contributed by atoms with Crippen LogP contribution in [0.2, 0.25) is 5.02 Å². The van der Waals surface area contributed by atoms with Gasteiger partial charge in [-0.1, -0.05) is 11.6 Å². The van der Waals surface area contributed by atoms with Crippen LogP contribution in [0.25, 0.3) is 0 Å². The van der Waals surface area contributed by atoms with Gasteiger partial charge in [-0.25, -0.2) is 9.38 Å². The van der Waals surface area contributed by atoms with Crippen molar-refractivity contribution in [3.63, 3.8) is 0 Å². The fourth-order valence-electron chi connectivity index (χ4n) is 3.30. The van der Waals surface area contributed by atoms with Crippen LogP contribution in [0.15, 0.2) is 81.8 Å². The second kappa shape index (κ2) is 10.8. The zero-order valence-corrected chi connectivity index (χ0v) is 19.9. The summed E-state index contributed by atoms with van der Waals surface area (Å²) >= 11 is 5.90. The molecule has 0 saturated heterocycles. The van der Waals surface area contributed by atoms with Gasteiger partial charge in [-0.2, -0.15) is 23.3 Å². The number of methoxy groups -OCH3 is 1. The van der Waals surface area contributed by atoms with E-state index in [1.54, 1.807) is 19.2 Å². The zero-order chi connectivity index (χ0) is 26.6. The first-order chi connectivity index (χ1) is 17.6. The lowest BCUT2D eigenvalue weighted by Crippen LogP contribution is -2.31. The van der Waals surface area contributed by atoms with E-state index in [2.05, 4.69) is 25.8 Å². The molecule has 3 aromatic rings. The highest BCUT2D eigenvalue weighted by Gasteiger charge is 2.30. The SMILES string of the molecule is COc1ccc(C2=NNC(=NC(=Nc3cc(F)cc(Cl)c3)NC(=O)c3ccc(C(F)(F)F)cc3)C2)cc1. The Bertz CT molecular complexity index is 1380. The van der Waals surface area contributed by atoms with Gasteiger partial charge < -0.3 is 4.74 Å². The van der Waals surface area contributed by atoms with Gasteiger partial charge in [0.1, 0.15) is 17.4 Å². The number of nitrogens with one attached hydrogen (secondary N) is 2. The molecule has 0 aromatic heterocycles. The normalized spacial score (nSPS) is 14.8. The molecular weight excluding hydrogens is 514 g/mol. The number of nitrogens with zero attached hydrogens (tertiary/aromatic N) is 3. The number of guanidine groups is 1. The summed E-state index contributed by atoms with van der Waals surface area (Å²) in [5.41, 5.74) is 3.33. The van der Waals surface area contributed by atoms with Crippen molar-refractivity contribution in [2.45, 2.75) is 12.6 Å². The highest BCUT2D eigenvalue weighted by Crippen LogP contribution is 2.29. The predicted octanol–water partition coefficient (Wildman–Crippen LogP) is 5.72. The number of amidine groups is 1. The average Bonchev–Trinajstić information content (AvgIpc) is 3.31. The molecule has 1 amide bonds. The highest BCUT2D eigenvalue weighted by atomic mass is 35.5. The van der Waals surface area contributed by atoms with E-state index in [0.29, 0.717) is 17.3 Å². The lowest BCUT2D eigenvalue weighted by Gasteiger charge is -2.09. The molecule has 0 spiro atoms. The summed E-state index contributed by atoms with van der Waals surface area (Å²) in [7, 11) is 1.56. The third-order valence-corrected chi connectivity index (χ3v) is 5.32. The number of hydrogen-bond acceptors (Lipinski definition) is 4. The van der Waals surface area contributed by atoms with Crippen LogP contribution in [0.5, 0.6) is 5.75 Å². The first kappa shape index (κ1) is 25.8. The average molecular weight is 532 g/mol. The zero-order valence-electron chi connectivity index (χ0n) is 19.1. The number of carbonyl (C=O) groups excluding carboxylic acids is 1. The molecule has 12 heteroatoms. The second-order valence-electron chi connectivity index (χ2n) is 7.73. The van der Waals surface area contributed by atoms with E-state index in [9.17, 15) is 22.4 Å². The molecule has 3 aromatic carbocycles. The van der Waals surface area contributed by atoms with Crippen molar-refractivity contribution in [1.82, 2.24) is 10.7 Å². The monoisotopic (exact) mass is 531 g/mol. The van der Waals surface area contributed by atoms with E-state index in [4.69, 9.17) is 16.3 Å². The number of aliphatic imine (C=N–C) groups is 2. The van der Waals surface area contributed by atoms with Crippen molar-refractivity contribution in [2.24, 2.45) is 15.1 Å². The van der Waals surface area contributed by atoms with E-state index >= 15 is 0 Å². The third-order valence-electron chi connectivity index (χ3n) is 5.10. The maximum atomic E-state index is 13.8. The summed E-state index contributed by atoms with van der Waals surface area (Å²) in [5.74, 6) is -0.677. The molecule has 2 N–H and O–H groups in total. The molecule has 0 aliphatic carbocycles. The number of alkyl halides is 3. The van der Waals surface area contributed by atoms with Crippen LogP contribution in [0, 0.1) is 5.82 Å². The summed E-state index contributed by atoms with van der Waals surface area (Å²) in [6.07, 6.45) is -4.29. The molecule has 190 valence electrons. The summed E-state index contributed by atoms with van der Waals surface area (Å²) in [4.78, 5) is 21.2. The smallest absolute Gasteiger partial charge is 0.416 e. The Morgan fingerprint density at radius 2 is 1.78 bits per heavy atom. The predicted molar refractivity (Wildman–Crippen MR) is 132 cm³/mol. The molecule has 0 radical (unpaired) electrons. The van der Waals surface area contributed by atoms with Crippen LogP contribution >= 0.6 is 11.6 Å². The van der Waals surface area contributed by atoms with Gasteiger partial charge in [0, 0.05) is 10.6 Å². The molecule has 1 aliphatic rings. The molecular formula is C25H18ClF4N5O2. The molecule has 1 heterocycles. The summed E-state index contributed by atoms with van der Waals surface area (Å²) in [6, 6.07) is 14.3. The lowest BCUT2D eigenvalue weighted by molar-refractivity contribution is -0.137. The molecule has 4 rings (SSSR count). The van der Waals surface area contributed by atoms with Gasteiger partial charge >= 0.3 is 6.18 Å². The standard InChI is InChI=1S/C25H18ClF4N5O2/c1-37-20-8-4-14(5-9-20)21-13-22(35-34-21)32-24(31-19-11-17(26)10-18(27)12-19)33-23(36)15-2-6-16(7-3-15)25(28,29)30/h2-12H,13H2,1H3,(H2,31,32,33,35,36). The van der Waals surface area contributed by atoms with Crippen molar-refractivity contribution in [3.8, 4) is 5.75 Å². The Hall–Kier alpha value is -4.25. The molecule has 7 nitrogen and oxygen atoms in total. The minimum atomic E-state index is -4.54. The van der Waals surface area contributed by atoms with E-state index < -0.39 is 23.5 Å². The number of ether oxygens (including phenoxy) is 1. The first-order valence-electron chi connectivity index (χ1n) is 10.7. The largest absolute Gasteiger partial charge is 0.497 e. The molecule has 0 bridgehead atoms. The Morgan fingerprint density at radius 3 is 2.41 bits per heavy atom. The molecule has 37 heavy (non-hydrogen) atoms. The molecule has 0 saturated carbocycles. The Labute approximate surface area is 213 Å². The Balaban J connectivity index is 1.59. The van der Waals surface area contributed by atoms with Crippen molar-refractivity contribution in [3.05, 3.63) is 94.3 Å². The van der Waals surface area contributed by atoms with E-state index in [1.165, 1.54) is 6.07 Å². The first-order valence-corrected chi connectivity index (χ1v) is 11.1. The van der Waals surface area contributed by atoms with Gasteiger partial charge in [0.05, 0.1) is 30.5 Å². The van der Waals surface area contributed by atoms with Crippen molar-refractivity contribution in [1.29, 1.82) is 0 Å². The minimum Gasteiger partial charge on any atom is -0.497 e. The van der Waals surface area contributed by atoms with Crippen LogP contribution in [-0.2, 0) is 6.18 Å². The number of halogens is 5. The molecule has 0 unspecified atom stereocenters. The van der Waals surface area contributed by atoms with Crippen LogP contribution < -0.4 is 15.5 Å². The number of amides is 1. The third kappa shape index (κ3) is 6.70. The van der Waals surface area contributed by atoms with Crippen LogP contribution in [-0.4, -0.2) is 30.5 Å². The summed E-state index contributed by atoms with van der Waals surface area (Å²) in [6.45, 7) is 0. The van der Waals surface area contributed by atoms with Gasteiger partial charge in [-0.15, -0.1) is 0 Å². The quantitative estimate of drug-likeness (QED) is 0.256. The van der Waals surface area contributed by atoms with E-state index in [0.717, 1.165) is 42.0 Å². The topological polar surface area (TPSA) is 87.4 Å². The number of benzene rings is 3. The van der Waals surface area contributed by atoms with Crippen molar-refractivity contribution in [2.75, 3.05) is 7.11 Å². The van der Waals surface area contributed by atoms with Gasteiger partial charge in [-0.05, 0) is 72.3 Å². The minimum absolute atomic E-state index is 0.0614. The molecule has 0 atom stereocenters. The number of hydrogen-bond donors (Lipinski definition) is 2. The van der Waals surface area contributed by atoms with Crippen LogP contribution in [0.3, 0.4) is 0 Å². The highest BCUT2D eigenvalue weighted by molar-refractivity contribution is 6.30.